The second-order valence-electron chi connectivity index (χ2n) is 9.71. The van der Waals surface area contributed by atoms with Crippen LogP contribution in [0.25, 0.3) is 0 Å². The molecule has 1 heterocycles. The molecule has 3 aliphatic carbocycles. The van der Waals surface area contributed by atoms with Crippen LogP contribution >= 0.6 is 0 Å². The van der Waals surface area contributed by atoms with Crippen LogP contribution in [0.2, 0.25) is 0 Å². The zero-order valence-electron chi connectivity index (χ0n) is 16.7. The van der Waals surface area contributed by atoms with Gasteiger partial charge in [0.1, 0.15) is 0 Å². The Morgan fingerprint density at radius 3 is 2.67 bits per heavy atom. The fourth-order valence-corrected chi connectivity index (χ4v) is 7.12. The van der Waals surface area contributed by atoms with Crippen molar-refractivity contribution in [2.45, 2.75) is 71.3 Å². The number of fused-ring (bicyclic) bond motifs is 5. The molecule has 27 heavy (non-hydrogen) atoms. The Morgan fingerprint density at radius 2 is 2.00 bits per heavy atom. The number of carbonyl (C=O) groups excluding carboxylic acids is 2. The van der Waals surface area contributed by atoms with Gasteiger partial charge in [-0.2, -0.15) is 0 Å². The van der Waals surface area contributed by atoms with Crippen LogP contribution < -0.4 is 0 Å². The first kappa shape index (κ1) is 18.7. The fourth-order valence-electron chi connectivity index (χ4n) is 7.12. The second-order valence-corrected chi connectivity index (χ2v) is 9.71. The van der Waals surface area contributed by atoms with E-state index in [0.29, 0.717) is 12.3 Å². The summed E-state index contributed by atoms with van der Waals surface area (Å²) in [5.74, 6) is -0.0498. The van der Waals surface area contributed by atoms with Crippen LogP contribution in [0.1, 0.15) is 64.5 Å². The van der Waals surface area contributed by atoms with Gasteiger partial charge in [0.2, 0.25) is 0 Å². The number of hydrogen-bond acceptors (Lipinski definition) is 5. The minimum Gasteiger partial charge on any atom is -0.472 e. The van der Waals surface area contributed by atoms with Crippen LogP contribution in [-0.2, 0) is 26.2 Å². The third-order valence-corrected chi connectivity index (χ3v) is 8.24. The molecule has 1 aromatic heterocycles. The van der Waals surface area contributed by atoms with E-state index in [4.69, 9.17) is 9.15 Å². The van der Waals surface area contributed by atoms with Crippen molar-refractivity contribution in [1.29, 1.82) is 0 Å². The predicted octanol–water partition coefficient (Wildman–Crippen LogP) is 3.42. The summed E-state index contributed by atoms with van der Waals surface area (Å²) in [4.78, 5) is 24.8. The molecule has 2 saturated carbocycles. The lowest BCUT2D eigenvalue weighted by molar-refractivity contribution is -0.199. The summed E-state index contributed by atoms with van der Waals surface area (Å²) in [5.41, 5.74) is 1.59. The van der Waals surface area contributed by atoms with Crippen molar-refractivity contribution < 1.29 is 23.8 Å². The van der Waals surface area contributed by atoms with Gasteiger partial charge in [0.15, 0.2) is 11.9 Å². The van der Waals surface area contributed by atoms with Gasteiger partial charge in [-0.15, -0.1) is 0 Å². The highest BCUT2D eigenvalue weighted by atomic mass is 16.5. The molecular weight excluding hydrogens is 344 g/mol. The third-order valence-electron chi connectivity index (χ3n) is 8.24. The van der Waals surface area contributed by atoms with Gasteiger partial charge in [0.25, 0.3) is 0 Å². The molecule has 5 heteroatoms. The first-order valence-electron chi connectivity index (χ1n) is 10.0. The SMILES string of the molecule is CC(=O)OC1C(=O)C[C@@]2(C)C(CC[C@@]3(C)c4cocc4CCC23)[C@@]1(C)CO. The topological polar surface area (TPSA) is 76.7 Å². The monoisotopic (exact) mass is 374 g/mol. The summed E-state index contributed by atoms with van der Waals surface area (Å²) < 4.78 is 11.0. The Bertz CT molecular complexity index is 781. The standard InChI is InChI=1S/C22H30O5/c1-13(24)27-19-16(25)9-21(3)17-6-5-14-10-26-11-15(14)20(17,2)8-7-18(21)22(19,4)12-23/h10-11,17-19,23H,5-9,12H2,1-4H3/t17?,18?,19?,20-,21+,22+/m0/s1. The molecule has 1 aromatic rings. The highest BCUT2D eigenvalue weighted by Crippen LogP contribution is 2.66. The van der Waals surface area contributed by atoms with E-state index in [2.05, 4.69) is 13.8 Å². The average molecular weight is 374 g/mol. The maximum atomic E-state index is 13.1. The largest absolute Gasteiger partial charge is 0.472 e. The number of ketones is 1. The number of ether oxygens (including phenoxy) is 1. The zero-order chi connectivity index (χ0) is 19.6. The summed E-state index contributed by atoms with van der Waals surface area (Å²) in [6.07, 6.45) is 7.18. The molecule has 1 N–H and O–H groups in total. The van der Waals surface area contributed by atoms with E-state index in [-0.39, 0.29) is 29.1 Å². The van der Waals surface area contributed by atoms with E-state index in [0.717, 1.165) is 25.7 Å². The fraction of sp³-hybridized carbons (Fsp3) is 0.727. The third kappa shape index (κ3) is 2.40. The lowest BCUT2D eigenvalue weighted by Gasteiger charge is -2.64. The minimum atomic E-state index is -0.851. The number of carbonyl (C=O) groups is 2. The molecule has 0 bridgehead atoms. The number of aliphatic hydroxyl groups excluding tert-OH is 1. The van der Waals surface area contributed by atoms with Crippen molar-refractivity contribution in [3.63, 3.8) is 0 Å². The molecule has 0 aliphatic heterocycles. The molecule has 0 spiro atoms. The molecule has 3 unspecified atom stereocenters. The van der Waals surface area contributed by atoms with Crippen molar-refractivity contribution in [2.75, 3.05) is 6.61 Å². The van der Waals surface area contributed by atoms with Crippen LogP contribution in [0.5, 0.6) is 0 Å². The summed E-state index contributed by atoms with van der Waals surface area (Å²) in [7, 11) is 0. The number of esters is 1. The summed E-state index contributed by atoms with van der Waals surface area (Å²) in [6.45, 7) is 7.64. The first-order valence-corrected chi connectivity index (χ1v) is 10.0. The maximum absolute atomic E-state index is 13.1. The first-order chi connectivity index (χ1) is 12.7. The van der Waals surface area contributed by atoms with Crippen LogP contribution in [0.3, 0.4) is 0 Å². The Kier molecular flexibility index (Phi) is 4.12. The Hall–Kier alpha value is -1.62. The van der Waals surface area contributed by atoms with Gasteiger partial charge in [-0.3, -0.25) is 9.59 Å². The Morgan fingerprint density at radius 1 is 1.26 bits per heavy atom. The molecule has 2 fully saturated rings. The number of Topliss-reactive ketones (excluding diaryl/α,β-unsaturated/α-hetero) is 1. The highest BCUT2D eigenvalue weighted by molar-refractivity contribution is 5.88. The van der Waals surface area contributed by atoms with Crippen molar-refractivity contribution in [1.82, 2.24) is 0 Å². The molecule has 0 aromatic carbocycles. The van der Waals surface area contributed by atoms with Crippen molar-refractivity contribution >= 4 is 11.8 Å². The van der Waals surface area contributed by atoms with E-state index < -0.39 is 17.5 Å². The van der Waals surface area contributed by atoms with Gasteiger partial charge in [0, 0.05) is 18.8 Å². The Labute approximate surface area is 160 Å². The van der Waals surface area contributed by atoms with E-state index in [1.165, 1.54) is 18.1 Å². The molecular formula is C22H30O5. The Balaban J connectivity index is 1.78. The van der Waals surface area contributed by atoms with Gasteiger partial charge < -0.3 is 14.3 Å². The van der Waals surface area contributed by atoms with Crippen LogP contribution in [0, 0.1) is 22.7 Å². The van der Waals surface area contributed by atoms with E-state index in [9.17, 15) is 14.7 Å². The van der Waals surface area contributed by atoms with E-state index >= 15 is 0 Å². The van der Waals surface area contributed by atoms with Crippen molar-refractivity contribution in [3.8, 4) is 0 Å². The number of aliphatic hydroxyl groups is 1. The minimum absolute atomic E-state index is 0.0171. The van der Waals surface area contributed by atoms with Crippen molar-refractivity contribution in [2.24, 2.45) is 22.7 Å². The van der Waals surface area contributed by atoms with E-state index in [1.54, 1.807) is 0 Å². The lowest BCUT2D eigenvalue weighted by Crippen LogP contribution is -2.65. The second kappa shape index (κ2) is 5.94. The molecule has 3 aliphatic rings. The van der Waals surface area contributed by atoms with E-state index in [1.807, 2.05) is 19.5 Å². The van der Waals surface area contributed by atoms with Gasteiger partial charge in [-0.05, 0) is 59.5 Å². The molecule has 4 rings (SSSR count). The molecule has 0 radical (unpaired) electrons. The smallest absolute Gasteiger partial charge is 0.303 e. The van der Waals surface area contributed by atoms with Gasteiger partial charge in [-0.1, -0.05) is 20.8 Å². The number of hydrogen-bond donors (Lipinski definition) is 1. The molecule has 5 nitrogen and oxygen atoms in total. The number of rotatable bonds is 2. The average Bonchev–Trinajstić information content (AvgIpc) is 3.08. The summed E-state index contributed by atoms with van der Waals surface area (Å²) in [5, 5.41) is 10.3. The summed E-state index contributed by atoms with van der Waals surface area (Å²) in [6, 6.07) is 0. The number of aryl methyl sites for hydroxylation is 1. The van der Waals surface area contributed by atoms with Gasteiger partial charge >= 0.3 is 5.97 Å². The van der Waals surface area contributed by atoms with Crippen LogP contribution in [0.15, 0.2) is 16.9 Å². The maximum Gasteiger partial charge on any atom is 0.303 e. The quantitative estimate of drug-likeness (QED) is 0.803. The molecule has 148 valence electrons. The highest BCUT2D eigenvalue weighted by Gasteiger charge is 2.66. The van der Waals surface area contributed by atoms with Crippen LogP contribution in [0.4, 0.5) is 0 Å². The predicted molar refractivity (Wildman–Crippen MR) is 99.1 cm³/mol. The molecule has 6 atom stereocenters. The molecule has 0 saturated heterocycles. The van der Waals surface area contributed by atoms with Crippen LogP contribution in [-0.4, -0.2) is 29.6 Å². The van der Waals surface area contributed by atoms with Crippen molar-refractivity contribution in [3.05, 3.63) is 23.7 Å². The van der Waals surface area contributed by atoms with Gasteiger partial charge in [0.05, 0.1) is 19.1 Å². The van der Waals surface area contributed by atoms with Gasteiger partial charge in [-0.25, -0.2) is 0 Å². The molecule has 0 amide bonds. The lowest BCUT2D eigenvalue weighted by atomic mass is 9.40. The number of furan rings is 1. The zero-order valence-corrected chi connectivity index (χ0v) is 16.7. The normalized spacial score (nSPS) is 43.4. The summed E-state index contributed by atoms with van der Waals surface area (Å²) >= 11 is 0.